The van der Waals surface area contributed by atoms with Crippen molar-refractivity contribution in [3.8, 4) is 0 Å². The smallest absolute Gasteiger partial charge is 0.371 e. The van der Waals surface area contributed by atoms with E-state index in [0.29, 0.717) is 57.2 Å². The summed E-state index contributed by atoms with van der Waals surface area (Å²) < 4.78 is 42.8. The SMILES string of the molecule is NC(=O)c1cccnc1.NCC(=O)O.NCCCC[C@H](N)C(=O)O.Nc1ncnc2[nH]cnc12.O=P(O)(O)C(O)(Cn1ccnc1)P(=O)(O)O.O=P(O)(O)C(Sc1ccc(Cl)cc1)P(=O)(O)O. The van der Waals surface area contributed by atoms with Crippen molar-refractivity contribution in [3.05, 3.63) is 90.8 Å². The van der Waals surface area contributed by atoms with Crippen LogP contribution in [0.5, 0.6) is 0 Å². The van der Waals surface area contributed by atoms with Crippen molar-refractivity contribution in [2.75, 3.05) is 18.8 Å². The van der Waals surface area contributed by atoms with Crippen molar-refractivity contribution in [2.45, 2.75) is 46.6 Å². The van der Waals surface area contributed by atoms with Crippen LogP contribution in [-0.4, -0.2) is 136 Å². The molecular formula is C31H49ClN12O18P4S. The van der Waals surface area contributed by atoms with Gasteiger partial charge in [0.05, 0.1) is 31.3 Å². The van der Waals surface area contributed by atoms with Gasteiger partial charge >= 0.3 is 42.3 Å². The van der Waals surface area contributed by atoms with Crippen LogP contribution in [0.15, 0.2) is 85.1 Å². The molecule has 1 atom stereocenters. The fraction of sp³-hybridized carbons (Fsp3) is 0.290. The van der Waals surface area contributed by atoms with E-state index in [4.69, 9.17) is 83.9 Å². The number of imidazole rings is 2. The van der Waals surface area contributed by atoms with E-state index >= 15 is 0 Å². The highest BCUT2D eigenvalue weighted by molar-refractivity contribution is 8.12. The number of carbonyl (C=O) groups is 3. The van der Waals surface area contributed by atoms with Crippen molar-refractivity contribution in [1.82, 2.24) is 34.5 Å². The van der Waals surface area contributed by atoms with E-state index in [-0.39, 0.29) is 6.54 Å². The summed E-state index contributed by atoms with van der Waals surface area (Å²) in [6.45, 7) is -0.631. The maximum atomic E-state index is 11.0. The van der Waals surface area contributed by atoms with Crippen molar-refractivity contribution >= 4 is 88.6 Å². The third kappa shape index (κ3) is 24.3. The number of aliphatic carboxylic acids is 2. The minimum atomic E-state index is -5.41. The summed E-state index contributed by atoms with van der Waals surface area (Å²) in [4.78, 5) is 123. The van der Waals surface area contributed by atoms with Crippen LogP contribution in [-0.2, 0) is 34.4 Å². The molecule has 30 nitrogen and oxygen atoms in total. The number of nitrogens with one attached hydrogen (secondary N) is 1. The van der Waals surface area contributed by atoms with Gasteiger partial charge in [-0.05, 0) is 55.8 Å². The van der Waals surface area contributed by atoms with E-state index < -0.39 is 70.6 Å². The van der Waals surface area contributed by atoms with Gasteiger partial charge in [-0.3, -0.25) is 37.6 Å². The van der Waals surface area contributed by atoms with Gasteiger partial charge in [0, 0.05) is 34.7 Å². The number of primary amides is 1. The molecule has 5 rings (SSSR count). The number of H-pyrrole nitrogens is 1. The number of hydrogen-bond acceptors (Lipinski definition) is 18. The number of rotatable bonds is 15. The van der Waals surface area contributed by atoms with Gasteiger partial charge < -0.3 is 92.7 Å². The number of hydrogen-bond donors (Lipinski definition) is 17. The molecule has 22 N–H and O–H groups in total. The predicted molar refractivity (Wildman–Crippen MR) is 241 cm³/mol. The van der Waals surface area contributed by atoms with Crippen LogP contribution in [0.4, 0.5) is 5.82 Å². The highest BCUT2D eigenvalue weighted by Crippen LogP contribution is 2.68. The number of aliphatic hydroxyl groups is 1. The molecular weight excluding hydrogens is 1020 g/mol. The first-order valence-corrected chi connectivity index (χ1v) is 25.7. The number of nitrogens with two attached hydrogens (primary N) is 5. The van der Waals surface area contributed by atoms with Gasteiger partial charge in [0.2, 0.25) is 10.6 Å². The summed E-state index contributed by atoms with van der Waals surface area (Å²) >= 11 is 6.04. The minimum absolute atomic E-state index is 0.278. The van der Waals surface area contributed by atoms with E-state index in [0.717, 1.165) is 23.7 Å². The first-order chi connectivity index (χ1) is 30.8. The number of unbranched alkanes of at least 4 members (excludes halogenated alkanes) is 1. The fourth-order valence-corrected chi connectivity index (χ4v) is 9.98. The quantitative estimate of drug-likeness (QED) is 0.0361. The van der Waals surface area contributed by atoms with Gasteiger partial charge in [0.15, 0.2) is 11.5 Å². The zero-order chi connectivity index (χ0) is 51.8. The van der Waals surface area contributed by atoms with Crippen molar-refractivity contribution in [3.63, 3.8) is 0 Å². The number of benzene rings is 1. The van der Waals surface area contributed by atoms with Gasteiger partial charge in [-0.15, -0.1) is 0 Å². The summed E-state index contributed by atoms with van der Waals surface area (Å²) in [7, 11) is -20.6. The average molecular weight is 1070 g/mol. The lowest BCUT2D eigenvalue weighted by atomic mass is 10.1. The molecule has 5 aromatic rings. The summed E-state index contributed by atoms with van der Waals surface area (Å²) in [5, 5.41) is 22.4. The Morgan fingerprint density at radius 1 is 0.851 bits per heavy atom. The van der Waals surface area contributed by atoms with Gasteiger partial charge in [0.1, 0.15) is 17.9 Å². The number of aromatic nitrogens is 7. The zero-order valence-corrected chi connectivity index (χ0v) is 39.5. The molecule has 0 fully saturated rings. The second-order valence-corrected chi connectivity index (χ2v) is 22.6. The van der Waals surface area contributed by atoms with Crippen LogP contribution in [0.2, 0.25) is 5.02 Å². The van der Waals surface area contributed by atoms with E-state index in [1.54, 1.807) is 18.3 Å². The molecule has 1 amide bonds. The number of carbonyl (C=O) groups excluding carboxylic acids is 1. The molecule has 0 radical (unpaired) electrons. The van der Waals surface area contributed by atoms with Gasteiger partial charge in [-0.1, -0.05) is 29.8 Å². The Morgan fingerprint density at radius 3 is 1.81 bits per heavy atom. The molecule has 0 aliphatic rings. The van der Waals surface area contributed by atoms with Gasteiger partial charge in [-0.2, -0.15) is 0 Å². The van der Waals surface area contributed by atoms with Gasteiger partial charge in [0.25, 0.3) is 5.08 Å². The molecule has 0 aliphatic carbocycles. The molecule has 0 saturated heterocycles. The monoisotopic (exact) mass is 1070 g/mol. The summed E-state index contributed by atoms with van der Waals surface area (Å²) in [5.41, 5.74) is 27.1. The molecule has 1 aromatic carbocycles. The summed E-state index contributed by atoms with van der Waals surface area (Å²) in [6, 6.07) is 8.33. The Labute approximate surface area is 388 Å². The van der Waals surface area contributed by atoms with Crippen molar-refractivity contribution in [1.29, 1.82) is 0 Å². The highest BCUT2D eigenvalue weighted by atomic mass is 35.5. The number of halogens is 1. The standard InChI is InChI=1S/C7H9ClO6P2S.C6H14N2O2.C6H6N2O.C5H5N5.C5H10N2O7P2.C2H5NO2/c8-5-1-3-6(4-2-5)17-7(15(9,10)11)16(12,13)14;7-4-2-1-3-5(8)6(9)10;7-6(9)5-2-1-3-8-4-5;6-4-3-5(9-1-7-3)10-2-8-4;8-5(15(9,10)11,16(12,13)14)3-7-2-1-6-4-7;3-1-2(4)5/h1-4,7H,(H2,9,10,11)(H2,12,13,14);5H,1-4,7-8H2,(H,9,10);1-4H,(H2,7,9);1-2H,(H3,6,7,8,9,10);1-2,4,8H,3H2,(H2,9,10,11)(H2,12,13,14);1,3H2,(H,4,5)/t;5-;;;;/m.0..../s1. The number of pyridine rings is 1. The van der Waals surface area contributed by atoms with Crippen molar-refractivity contribution in [2.24, 2.45) is 22.9 Å². The molecule has 4 aromatic heterocycles. The van der Waals surface area contributed by atoms with Crippen LogP contribution < -0.4 is 28.7 Å². The molecule has 36 heteroatoms. The maximum Gasteiger partial charge on any atom is 0.371 e. The number of aromatic amines is 1. The summed E-state index contributed by atoms with van der Waals surface area (Å²) in [6.07, 6.45) is 11.6. The third-order valence-corrected chi connectivity index (χ3v) is 17.1. The second-order valence-electron chi connectivity index (χ2n) is 12.5. The van der Waals surface area contributed by atoms with Crippen LogP contribution in [0.3, 0.4) is 0 Å². The Kier molecular flexibility index (Phi) is 27.3. The third-order valence-electron chi connectivity index (χ3n) is 7.17. The minimum Gasteiger partial charge on any atom is -0.480 e. The number of carboxylic acid groups (broad SMARTS) is 2. The van der Waals surface area contributed by atoms with Crippen LogP contribution in [0.1, 0.15) is 29.6 Å². The molecule has 374 valence electrons. The maximum absolute atomic E-state index is 11.0. The second kappa shape index (κ2) is 29.3. The number of nitrogens with zero attached hydrogens (tertiary/aromatic N) is 6. The number of thioether (sulfide) groups is 1. The predicted octanol–water partition coefficient (Wildman–Crippen LogP) is -0.372. The van der Waals surface area contributed by atoms with E-state index in [9.17, 15) is 37.8 Å². The Balaban J connectivity index is 0.000000808. The van der Waals surface area contributed by atoms with E-state index in [1.807, 2.05) is 0 Å². The largest absolute Gasteiger partial charge is 0.480 e. The zero-order valence-electron chi connectivity index (χ0n) is 34.3. The topological polar surface area (TPSA) is 557 Å². The highest BCUT2D eigenvalue weighted by Gasteiger charge is 2.59. The van der Waals surface area contributed by atoms with Gasteiger partial charge in [-0.25, -0.2) is 19.9 Å². The first kappa shape index (κ1) is 62.4. The molecule has 0 spiro atoms. The number of anilines is 1. The summed E-state index contributed by atoms with van der Waals surface area (Å²) in [5.74, 6) is -1.93. The lowest BCUT2D eigenvalue weighted by Gasteiger charge is -2.29. The molecule has 67 heavy (non-hydrogen) atoms. The molecule has 0 saturated carbocycles. The lowest BCUT2D eigenvalue weighted by molar-refractivity contribution is -0.139. The van der Waals surface area contributed by atoms with E-state index in [2.05, 4.69) is 35.6 Å². The lowest BCUT2D eigenvalue weighted by Crippen LogP contribution is -2.33. The van der Waals surface area contributed by atoms with Crippen LogP contribution in [0, 0.1) is 0 Å². The number of carboxylic acids is 2. The molecule has 0 bridgehead atoms. The fourth-order valence-electron chi connectivity index (χ4n) is 3.87. The molecule has 4 heterocycles. The molecule has 0 unspecified atom stereocenters. The molecule has 0 aliphatic heterocycles. The van der Waals surface area contributed by atoms with Crippen LogP contribution >= 0.6 is 53.7 Å². The Morgan fingerprint density at radius 2 is 1.42 bits per heavy atom. The average Bonchev–Trinajstić information content (AvgIpc) is 3.94. The number of fused-ring (bicyclic) bond motifs is 1. The number of amides is 1. The number of nitrogen functional groups attached to an aromatic ring is 1. The normalized spacial score (nSPS) is 11.9. The Bertz CT molecular complexity index is 2410. The van der Waals surface area contributed by atoms with Crippen molar-refractivity contribution < 1.29 is 87.1 Å². The van der Waals surface area contributed by atoms with Crippen LogP contribution in [0.25, 0.3) is 11.2 Å². The van der Waals surface area contributed by atoms with E-state index in [1.165, 1.54) is 55.5 Å². The first-order valence-electron chi connectivity index (χ1n) is 17.8. The Hall–Kier alpha value is -4.58.